The standard InChI is InChI=1S/C26H27ClN4O3/c1-16-12-30(15-28-16)19-6-7-20-22(32)29(9-10-31(20)23(19)33)14-26-13-25(26,4)24(2,3)34-21-8-5-17(27)11-18(21)26/h5-8,11-12,15H,9-10,13-14H2,1-4H3/t25-,26-/m1/s1. The lowest BCUT2D eigenvalue weighted by Gasteiger charge is -2.45. The topological polar surface area (TPSA) is 69.4 Å². The molecule has 176 valence electrons. The molecule has 0 unspecified atom stereocenters. The number of amides is 1. The highest BCUT2D eigenvalue weighted by Crippen LogP contribution is 2.74. The Hall–Kier alpha value is -3.06. The van der Waals surface area contributed by atoms with E-state index in [4.69, 9.17) is 16.3 Å². The molecule has 1 fully saturated rings. The van der Waals surface area contributed by atoms with E-state index in [-0.39, 0.29) is 27.9 Å². The number of nitrogens with zero attached hydrogens (tertiary/aromatic N) is 4. The van der Waals surface area contributed by atoms with Crippen molar-refractivity contribution in [2.24, 2.45) is 5.41 Å². The van der Waals surface area contributed by atoms with Crippen LogP contribution in [-0.4, -0.2) is 43.6 Å². The second-order valence-corrected chi connectivity index (χ2v) is 11.0. The second-order valence-electron chi connectivity index (χ2n) is 10.6. The minimum Gasteiger partial charge on any atom is -0.487 e. The molecule has 2 atom stereocenters. The number of pyridine rings is 1. The highest BCUT2D eigenvalue weighted by atomic mass is 35.5. The SMILES string of the molecule is Cc1cn(-c2ccc3n(c2=O)CCN(C[C@@]24C[C@]2(C)C(C)(C)Oc2ccc(Cl)cc24)C3=O)cn1. The number of halogens is 1. The third-order valence-corrected chi connectivity index (χ3v) is 8.68. The van der Waals surface area contributed by atoms with Gasteiger partial charge in [0.1, 0.15) is 22.7 Å². The number of aryl methyl sites for hydroxylation is 1. The van der Waals surface area contributed by atoms with E-state index in [9.17, 15) is 9.59 Å². The van der Waals surface area contributed by atoms with Gasteiger partial charge in [-0.3, -0.25) is 9.59 Å². The Bertz CT molecular complexity index is 1420. The van der Waals surface area contributed by atoms with Gasteiger partial charge in [0.25, 0.3) is 11.5 Å². The van der Waals surface area contributed by atoms with Crippen LogP contribution in [0.1, 0.15) is 48.9 Å². The van der Waals surface area contributed by atoms with Crippen LogP contribution in [0.3, 0.4) is 0 Å². The molecule has 0 radical (unpaired) electrons. The number of carbonyl (C=O) groups is 1. The molecule has 8 heteroatoms. The maximum atomic E-state index is 13.6. The molecule has 4 heterocycles. The Morgan fingerprint density at radius 3 is 2.65 bits per heavy atom. The zero-order valence-corrected chi connectivity index (χ0v) is 20.5. The maximum Gasteiger partial charge on any atom is 0.275 e. The van der Waals surface area contributed by atoms with E-state index in [1.807, 2.05) is 36.2 Å². The Balaban J connectivity index is 1.36. The Labute approximate surface area is 202 Å². The largest absolute Gasteiger partial charge is 0.487 e. The number of benzene rings is 1. The van der Waals surface area contributed by atoms with Crippen molar-refractivity contribution in [3.63, 3.8) is 0 Å². The second kappa shape index (κ2) is 6.75. The summed E-state index contributed by atoms with van der Waals surface area (Å²) in [5.41, 5.74) is 1.90. The zero-order valence-electron chi connectivity index (χ0n) is 19.8. The van der Waals surface area contributed by atoms with E-state index >= 15 is 0 Å². The van der Waals surface area contributed by atoms with Crippen LogP contribution in [-0.2, 0) is 12.0 Å². The zero-order chi connectivity index (χ0) is 24.0. The molecule has 1 aromatic carbocycles. The van der Waals surface area contributed by atoms with Crippen LogP contribution >= 0.6 is 11.6 Å². The summed E-state index contributed by atoms with van der Waals surface area (Å²) in [6.45, 7) is 9.87. The van der Waals surface area contributed by atoms with Crippen LogP contribution < -0.4 is 10.3 Å². The monoisotopic (exact) mass is 478 g/mol. The molecule has 1 amide bonds. The van der Waals surface area contributed by atoms with Gasteiger partial charge in [0.15, 0.2) is 0 Å². The van der Waals surface area contributed by atoms with Crippen LogP contribution in [0.25, 0.3) is 5.69 Å². The number of rotatable bonds is 3. The number of aromatic nitrogens is 3. The average molecular weight is 479 g/mol. The fourth-order valence-electron chi connectivity index (χ4n) is 6.10. The number of hydrogen-bond donors (Lipinski definition) is 0. The van der Waals surface area contributed by atoms with Crippen molar-refractivity contribution in [3.8, 4) is 11.4 Å². The number of fused-ring (bicyclic) bond motifs is 4. The molecular weight excluding hydrogens is 452 g/mol. The fourth-order valence-corrected chi connectivity index (χ4v) is 6.27. The predicted octanol–water partition coefficient (Wildman–Crippen LogP) is 3.97. The van der Waals surface area contributed by atoms with Gasteiger partial charge < -0.3 is 18.8 Å². The van der Waals surface area contributed by atoms with Crippen LogP contribution in [0.4, 0.5) is 0 Å². The van der Waals surface area contributed by atoms with Gasteiger partial charge in [0, 0.05) is 47.2 Å². The number of carbonyl (C=O) groups excluding carboxylic acids is 1. The van der Waals surface area contributed by atoms with Crippen molar-refractivity contribution in [1.29, 1.82) is 0 Å². The molecule has 3 aromatic rings. The van der Waals surface area contributed by atoms with Crippen LogP contribution in [0.5, 0.6) is 5.75 Å². The Kier molecular flexibility index (Phi) is 4.26. The lowest BCUT2D eigenvalue weighted by atomic mass is 9.75. The van der Waals surface area contributed by atoms with Gasteiger partial charge in [-0.2, -0.15) is 0 Å². The summed E-state index contributed by atoms with van der Waals surface area (Å²) in [7, 11) is 0. The fraction of sp³-hybridized carbons (Fsp3) is 0.423. The lowest BCUT2D eigenvalue weighted by Crippen LogP contribution is -2.52. The predicted molar refractivity (Wildman–Crippen MR) is 129 cm³/mol. The first-order valence-corrected chi connectivity index (χ1v) is 12.0. The van der Waals surface area contributed by atoms with Gasteiger partial charge >= 0.3 is 0 Å². The van der Waals surface area contributed by atoms with Gasteiger partial charge in [-0.05, 0) is 57.5 Å². The normalized spacial score (nSPS) is 26.4. The molecule has 34 heavy (non-hydrogen) atoms. The van der Waals surface area contributed by atoms with Crippen molar-refractivity contribution >= 4 is 17.5 Å². The summed E-state index contributed by atoms with van der Waals surface area (Å²) in [5.74, 6) is 0.721. The minimum atomic E-state index is -0.376. The first kappa shape index (κ1) is 21.5. The molecule has 1 aliphatic carbocycles. The van der Waals surface area contributed by atoms with Crippen molar-refractivity contribution < 1.29 is 9.53 Å². The highest BCUT2D eigenvalue weighted by Gasteiger charge is 2.75. The van der Waals surface area contributed by atoms with E-state index < -0.39 is 0 Å². The van der Waals surface area contributed by atoms with E-state index in [1.54, 1.807) is 27.6 Å². The molecule has 7 nitrogen and oxygen atoms in total. The molecule has 0 bridgehead atoms. The lowest BCUT2D eigenvalue weighted by molar-refractivity contribution is 0.00212. The van der Waals surface area contributed by atoms with Crippen molar-refractivity contribution in [2.45, 2.75) is 51.7 Å². The van der Waals surface area contributed by atoms with E-state index in [1.165, 1.54) is 0 Å². The van der Waals surface area contributed by atoms with E-state index in [0.29, 0.717) is 36.0 Å². The van der Waals surface area contributed by atoms with Crippen LogP contribution in [0, 0.1) is 12.3 Å². The third-order valence-electron chi connectivity index (χ3n) is 8.44. The maximum absolute atomic E-state index is 13.6. The summed E-state index contributed by atoms with van der Waals surface area (Å²) in [6, 6.07) is 9.24. The molecule has 1 saturated carbocycles. The van der Waals surface area contributed by atoms with Crippen molar-refractivity contribution in [3.05, 3.63) is 75.2 Å². The molecule has 0 spiro atoms. The van der Waals surface area contributed by atoms with Crippen molar-refractivity contribution in [1.82, 2.24) is 19.0 Å². The summed E-state index contributed by atoms with van der Waals surface area (Å²) in [4.78, 5) is 32.9. The van der Waals surface area contributed by atoms with Gasteiger partial charge in [0.05, 0.1) is 12.0 Å². The van der Waals surface area contributed by atoms with Gasteiger partial charge in [-0.25, -0.2) is 4.98 Å². The minimum absolute atomic E-state index is 0.117. The van der Waals surface area contributed by atoms with Gasteiger partial charge in [-0.15, -0.1) is 0 Å². The van der Waals surface area contributed by atoms with Gasteiger partial charge in [0.2, 0.25) is 0 Å². The smallest absolute Gasteiger partial charge is 0.275 e. The van der Waals surface area contributed by atoms with Crippen LogP contribution in [0.15, 0.2) is 47.7 Å². The Morgan fingerprint density at radius 2 is 1.91 bits per heavy atom. The first-order chi connectivity index (χ1) is 16.1. The molecule has 6 rings (SSSR count). The Morgan fingerprint density at radius 1 is 1.12 bits per heavy atom. The number of hydrogen-bond acceptors (Lipinski definition) is 4. The molecule has 0 N–H and O–H groups in total. The quantitative estimate of drug-likeness (QED) is 0.571. The molecule has 2 aromatic heterocycles. The average Bonchev–Trinajstić information content (AvgIpc) is 3.20. The number of ether oxygens (including phenoxy) is 1. The summed E-state index contributed by atoms with van der Waals surface area (Å²) >= 11 is 6.38. The van der Waals surface area contributed by atoms with E-state index in [2.05, 4.69) is 25.8 Å². The molecule has 3 aliphatic rings. The summed E-state index contributed by atoms with van der Waals surface area (Å²) in [5, 5.41) is 0.666. The third kappa shape index (κ3) is 2.73. The molecular formula is C26H27ClN4O3. The number of imidazole rings is 1. The highest BCUT2D eigenvalue weighted by molar-refractivity contribution is 6.30. The molecule has 2 aliphatic heterocycles. The summed E-state index contributed by atoms with van der Waals surface area (Å²) in [6.07, 6.45) is 4.34. The van der Waals surface area contributed by atoms with E-state index in [0.717, 1.165) is 23.4 Å². The first-order valence-electron chi connectivity index (χ1n) is 11.6. The van der Waals surface area contributed by atoms with Crippen molar-refractivity contribution in [2.75, 3.05) is 13.1 Å². The van der Waals surface area contributed by atoms with Crippen LogP contribution in [0.2, 0.25) is 5.02 Å². The summed E-state index contributed by atoms with van der Waals surface area (Å²) < 4.78 is 9.68. The molecule has 0 saturated heterocycles. The van der Waals surface area contributed by atoms with Gasteiger partial charge in [-0.1, -0.05) is 18.5 Å².